The van der Waals surface area contributed by atoms with Crippen LogP contribution in [0, 0.1) is 17.6 Å². The van der Waals surface area contributed by atoms with E-state index in [9.17, 15) is 25.6 Å². The molecule has 0 aromatic heterocycles. The average Bonchev–Trinajstić information content (AvgIpc) is 2.65. The lowest BCUT2D eigenvalue weighted by molar-refractivity contribution is 0.171. The summed E-state index contributed by atoms with van der Waals surface area (Å²) in [5, 5.41) is 0. The Labute approximate surface area is 172 Å². The van der Waals surface area contributed by atoms with Crippen molar-refractivity contribution in [3.8, 4) is 11.5 Å². The molecule has 0 atom stereocenters. The van der Waals surface area contributed by atoms with Gasteiger partial charge >= 0.3 is 0 Å². The van der Waals surface area contributed by atoms with E-state index in [1.807, 2.05) is 0 Å². The number of nitrogens with zero attached hydrogens (tertiary/aromatic N) is 1. The number of fused-ring (bicyclic) bond motifs is 1. The molecule has 2 aromatic rings. The summed E-state index contributed by atoms with van der Waals surface area (Å²) in [6, 6.07) is 7.06. The van der Waals surface area contributed by atoms with E-state index in [-0.39, 0.29) is 30.4 Å². The zero-order chi connectivity index (χ0) is 21.5. The van der Waals surface area contributed by atoms with Crippen molar-refractivity contribution in [2.24, 2.45) is 5.92 Å². The van der Waals surface area contributed by atoms with Gasteiger partial charge in [0.15, 0.2) is 16.4 Å². The molecule has 4 rings (SSSR count). The van der Waals surface area contributed by atoms with E-state index in [0.29, 0.717) is 24.7 Å². The fourth-order valence-electron chi connectivity index (χ4n) is 3.21. The van der Waals surface area contributed by atoms with Gasteiger partial charge in [0, 0.05) is 31.6 Å². The first-order chi connectivity index (χ1) is 14.2. The fourth-order valence-corrected chi connectivity index (χ4v) is 6.04. The Hall–Kier alpha value is -2.28. The molecule has 1 saturated heterocycles. The van der Waals surface area contributed by atoms with E-state index >= 15 is 0 Å². The molecule has 8 nitrogen and oxygen atoms in total. The van der Waals surface area contributed by atoms with E-state index in [2.05, 4.69) is 4.72 Å². The van der Waals surface area contributed by atoms with Gasteiger partial charge in [-0.1, -0.05) is 6.07 Å². The predicted octanol–water partition coefficient (Wildman–Crippen LogP) is 1.33. The van der Waals surface area contributed by atoms with Crippen LogP contribution in [0.5, 0.6) is 11.5 Å². The van der Waals surface area contributed by atoms with Gasteiger partial charge < -0.3 is 9.47 Å². The van der Waals surface area contributed by atoms with Crippen molar-refractivity contribution in [3.05, 3.63) is 48.0 Å². The van der Waals surface area contributed by atoms with Gasteiger partial charge in [0.1, 0.15) is 24.8 Å². The summed E-state index contributed by atoms with van der Waals surface area (Å²) >= 11 is 0. The van der Waals surface area contributed by atoms with Crippen molar-refractivity contribution in [3.63, 3.8) is 0 Å². The summed E-state index contributed by atoms with van der Waals surface area (Å²) in [6.45, 7) is 0.566. The Balaban J connectivity index is 1.38. The SMILES string of the molecule is O=S(=O)(NCC1CN(S(=O)(=O)c2c(F)cccc2F)C1)c1ccc2c(c1)OCCO2. The third-order valence-corrected chi connectivity index (χ3v) is 8.13. The van der Waals surface area contributed by atoms with Crippen LogP contribution in [0.3, 0.4) is 0 Å². The average molecular weight is 460 g/mol. The van der Waals surface area contributed by atoms with Crippen LogP contribution in [0.25, 0.3) is 0 Å². The second-order valence-corrected chi connectivity index (χ2v) is 10.5. The molecule has 1 N–H and O–H groups in total. The summed E-state index contributed by atoms with van der Waals surface area (Å²) in [5.74, 6) is -1.88. The molecule has 0 amide bonds. The number of hydrogen-bond acceptors (Lipinski definition) is 6. The van der Waals surface area contributed by atoms with Crippen LogP contribution in [0.4, 0.5) is 8.78 Å². The van der Waals surface area contributed by atoms with E-state index in [1.54, 1.807) is 0 Å². The van der Waals surface area contributed by atoms with Gasteiger partial charge in [-0.2, -0.15) is 4.31 Å². The van der Waals surface area contributed by atoms with Crippen molar-refractivity contribution in [2.45, 2.75) is 9.79 Å². The topological polar surface area (TPSA) is 102 Å². The molecule has 162 valence electrons. The first-order valence-electron chi connectivity index (χ1n) is 9.02. The molecular weight excluding hydrogens is 442 g/mol. The van der Waals surface area contributed by atoms with Crippen molar-refractivity contribution >= 4 is 20.0 Å². The molecule has 2 aliphatic heterocycles. The monoisotopic (exact) mass is 460 g/mol. The lowest BCUT2D eigenvalue weighted by Gasteiger charge is -2.38. The molecular formula is C18H18F2N2O6S2. The molecule has 2 aromatic carbocycles. The van der Waals surface area contributed by atoms with Crippen LogP contribution < -0.4 is 14.2 Å². The molecule has 0 unspecified atom stereocenters. The molecule has 0 radical (unpaired) electrons. The van der Waals surface area contributed by atoms with Gasteiger partial charge in [0.25, 0.3) is 0 Å². The van der Waals surface area contributed by atoms with Gasteiger partial charge in [-0.3, -0.25) is 0 Å². The first-order valence-corrected chi connectivity index (χ1v) is 11.9. The summed E-state index contributed by atoms with van der Waals surface area (Å²) < 4.78 is 91.6. The van der Waals surface area contributed by atoms with Crippen molar-refractivity contribution in [2.75, 3.05) is 32.8 Å². The van der Waals surface area contributed by atoms with Gasteiger partial charge in [-0.05, 0) is 24.3 Å². The van der Waals surface area contributed by atoms with Crippen LogP contribution in [-0.4, -0.2) is 54.0 Å². The third kappa shape index (κ3) is 3.87. The highest BCUT2D eigenvalue weighted by atomic mass is 32.2. The second kappa shape index (κ2) is 7.76. The highest BCUT2D eigenvalue weighted by Crippen LogP contribution is 2.32. The maximum Gasteiger partial charge on any atom is 0.248 e. The molecule has 0 bridgehead atoms. The van der Waals surface area contributed by atoms with E-state index in [4.69, 9.17) is 9.47 Å². The Morgan fingerprint density at radius 2 is 1.60 bits per heavy atom. The number of halogens is 2. The van der Waals surface area contributed by atoms with Gasteiger partial charge in [-0.25, -0.2) is 30.3 Å². The molecule has 30 heavy (non-hydrogen) atoms. The van der Waals surface area contributed by atoms with Crippen LogP contribution >= 0.6 is 0 Å². The number of sulfonamides is 2. The molecule has 2 heterocycles. The summed E-state index contributed by atoms with van der Waals surface area (Å²) in [7, 11) is -8.19. The summed E-state index contributed by atoms with van der Waals surface area (Å²) in [6.07, 6.45) is 0. The lowest BCUT2D eigenvalue weighted by Crippen LogP contribution is -2.53. The molecule has 2 aliphatic rings. The van der Waals surface area contributed by atoms with Gasteiger partial charge in [0.2, 0.25) is 20.0 Å². The normalized spacial score (nSPS) is 17.5. The van der Waals surface area contributed by atoms with Crippen LogP contribution in [0.15, 0.2) is 46.2 Å². The Kier molecular flexibility index (Phi) is 5.43. The number of nitrogens with one attached hydrogen (secondary N) is 1. The first kappa shape index (κ1) is 21.0. The smallest absolute Gasteiger partial charge is 0.248 e. The Morgan fingerprint density at radius 1 is 0.967 bits per heavy atom. The lowest BCUT2D eigenvalue weighted by atomic mass is 10.0. The van der Waals surface area contributed by atoms with E-state index in [0.717, 1.165) is 22.5 Å². The molecule has 0 saturated carbocycles. The number of rotatable bonds is 6. The quantitative estimate of drug-likeness (QED) is 0.698. The highest BCUT2D eigenvalue weighted by molar-refractivity contribution is 7.89. The molecule has 0 aliphatic carbocycles. The summed E-state index contributed by atoms with van der Waals surface area (Å²) in [4.78, 5) is -1.01. The highest BCUT2D eigenvalue weighted by Gasteiger charge is 2.39. The Morgan fingerprint density at radius 3 is 2.27 bits per heavy atom. The van der Waals surface area contributed by atoms with Gasteiger partial charge in [-0.15, -0.1) is 0 Å². The molecule has 0 spiro atoms. The minimum atomic E-state index is -4.34. The maximum absolute atomic E-state index is 13.8. The largest absolute Gasteiger partial charge is 0.486 e. The second-order valence-electron chi connectivity index (χ2n) is 6.90. The van der Waals surface area contributed by atoms with Crippen LogP contribution in [-0.2, 0) is 20.0 Å². The fraction of sp³-hybridized carbons (Fsp3) is 0.333. The third-order valence-electron chi connectivity index (χ3n) is 4.83. The zero-order valence-electron chi connectivity index (χ0n) is 15.5. The molecule has 1 fully saturated rings. The van der Waals surface area contributed by atoms with Crippen LogP contribution in [0.2, 0.25) is 0 Å². The standard InChI is InChI=1S/C18H18F2N2O6S2/c19-14-2-1-3-15(20)18(14)30(25,26)22-10-12(11-22)9-21-29(23,24)13-4-5-16-17(8-13)28-7-6-27-16/h1-5,8,12,21H,6-7,9-11H2. The van der Waals surface area contributed by atoms with E-state index in [1.165, 1.54) is 18.2 Å². The minimum absolute atomic E-state index is 0.0102. The minimum Gasteiger partial charge on any atom is -0.486 e. The maximum atomic E-state index is 13.8. The van der Waals surface area contributed by atoms with Gasteiger partial charge in [0.05, 0.1) is 4.90 Å². The molecule has 12 heteroatoms. The summed E-state index contributed by atoms with van der Waals surface area (Å²) in [5.41, 5.74) is 0. The van der Waals surface area contributed by atoms with E-state index < -0.39 is 36.6 Å². The predicted molar refractivity (Wildman–Crippen MR) is 101 cm³/mol. The van der Waals surface area contributed by atoms with Crippen molar-refractivity contribution < 1.29 is 35.1 Å². The number of benzene rings is 2. The van der Waals surface area contributed by atoms with Crippen molar-refractivity contribution in [1.82, 2.24) is 9.03 Å². The number of hydrogen-bond donors (Lipinski definition) is 1. The zero-order valence-corrected chi connectivity index (χ0v) is 17.2. The van der Waals surface area contributed by atoms with Crippen molar-refractivity contribution in [1.29, 1.82) is 0 Å². The van der Waals surface area contributed by atoms with Crippen LogP contribution in [0.1, 0.15) is 0 Å². The Bertz CT molecular complexity index is 1160. The number of ether oxygens (including phenoxy) is 2.